The molecule has 0 saturated heterocycles. The molecule has 1 rings (SSSR count). The molecule has 0 saturated carbocycles. The molecule has 1 heterocycles. The number of thiophene rings is 1. The zero-order valence-electron chi connectivity index (χ0n) is 10.3. The van der Waals surface area contributed by atoms with Gasteiger partial charge in [-0.25, -0.2) is 4.79 Å². The second-order valence-electron chi connectivity index (χ2n) is 3.60. The van der Waals surface area contributed by atoms with Crippen LogP contribution in [0.2, 0.25) is 0 Å². The molecule has 0 aliphatic carbocycles. The number of carbonyl (C=O) groups excluding carboxylic acids is 1. The van der Waals surface area contributed by atoms with Gasteiger partial charge in [-0.2, -0.15) is 0 Å². The van der Waals surface area contributed by atoms with Crippen molar-refractivity contribution in [2.45, 2.75) is 0 Å². The number of methoxy groups -OCH3 is 1. The van der Waals surface area contributed by atoms with E-state index in [1.54, 1.807) is 30.5 Å². The Labute approximate surface area is 109 Å². The predicted octanol–water partition coefficient (Wildman–Crippen LogP) is 1.56. The first-order chi connectivity index (χ1) is 8.56. The van der Waals surface area contributed by atoms with Gasteiger partial charge in [0, 0.05) is 26.8 Å². The van der Waals surface area contributed by atoms with E-state index in [9.17, 15) is 9.59 Å². The number of aliphatic carboxylic acids is 1. The second kappa shape index (κ2) is 6.93. The van der Waals surface area contributed by atoms with Crippen LogP contribution in [0.3, 0.4) is 0 Å². The van der Waals surface area contributed by atoms with Gasteiger partial charge in [0.2, 0.25) is 0 Å². The van der Waals surface area contributed by atoms with Crippen molar-refractivity contribution >= 4 is 29.3 Å². The van der Waals surface area contributed by atoms with Gasteiger partial charge in [0.05, 0.1) is 11.5 Å². The lowest BCUT2D eigenvalue weighted by Gasteiger charge is -2.15. The molecule has 1 N–H and O–H groups in total. The molecule has 0 fully saturated rings. The van der Waals surface area contributed by atoms with Crippen molar-refractivity contribution in [1.29, 1.82) is 0 Å². The van der Waals surface area contributed by atoms with Gasteiger partial charge in [0.1, 0.15) is 0 Å². The Balaban J connectivity index is 2.80. The van der Waals surface area contributed by atoms with Crippen molar-refractivity contribution in [3.8, 4) is 0 Å². The molecule has 18 heavy (non-hydrogen) atoms. The van der Waals surface area contributed by atoms with E-state index in [-0.39, 0.29) is 5.91 Å². The highest BCUT2D eigenvalue weighted by molar-refractivity contribution is 7.12. The average molecular weight is 269 g/mol. The van der Waals surface area contributed by atoms with Crippen molar-refractivity contribution in [3.05, 3.63) is 28.0 Å². The van der Waals surface area contributed by atoms with Crippen LogP contribution in [0, 0.1) is 0 Å². The highest BCUT2D eigenvalue weighted by Crippen LogP contribution is 2.20. The Morgan fingerprint density at radius 1 is 1.56 bits per heavy atom. The van der Waals surface area contributed by atoms with Gasteiger partial charge in [0.15, 0.2) is 0 Å². The molecule has 0 unspecified atom stereocenters. The molecule has 0 radical (unpaired) electrons. The van der Waals surface area contributed by atoms with Crippen LogP contribution in [0.15, 0.2) is 17.5 Å². The third kappa shape index (κ3) is 3.97. The summed E-state index contributed by atoms with van der Waals surface area (Å²) in [7, 11) is 3.26. The van der Waals surface area contributed by atoms with E-state index in [0.717, 1.165) is 6.08 Å². The number of carboxylic acids is 1. The molecule has 0 spiro atoms. The number of nitrogens with zero attached hydrogens (tertiary/aromatic N) is 1. The molecule has 6 heteroatoms. The number of amides is 1. The van der Waals surface area contributed by atoms with E-state index in [1.807, 2.05) is 0 Å². The van der Waals surface area contributed by atoms with E-state index >= 15 is 0 Å². The first-order valence-electron chi connectivity index (χ1n) is 5.29. The fourth-order valence-electron chi connectivity index (χ4n) is 1.29. The molecule has 98 valence electrons. The molecular formula is C12H15NO4S. The van der Waals surface area contributed by atoms with Gasteiger partial charge < -0.3 is 14.7 Å². The van der Waals surface area contributed by atoms with Crippen LogP contribution in [0.25, 0.3) is 6.08 Å². The van der Waals surface area contributed by atoms with Crippen molar-refractivity contribution < 1.29 is 19.4 Å². The lowest BCUT2D eigenvalue weighted by atomic mass is 10.2. The van der Waals surface area contributed by atoms with Crippen LogP contribution in [-0.4, -0.2) is 49.2 Å². The van der Waals surface area contributed by atoms with Crippen LogP contribution in [-0.2, 0) is 9.53 Å². The van der Waals surface area contributed by atoms with Crippen LogP contribution >= 0.6 is 11.3 Å². The highest BCUT2D eigenvalue weighted by atomic mass is 32.1. The molecular weight excluding hydrogens is 254 g/mol. The Bertz CT molecular complexity index is 453. The average Bonchev–Trinajstić information content (AvgIpc) is 2.80. The fraction of sp³-hybridized carbons (Fsp3) is 0.333. The summed E-state index contributed by atoms with van der Waals surface area (Å²) < 4.78 is 4.91. The van der Waals surface area contributed by atoms with Gasteiger partial charge in [-0.15, -0.1) is 11.3 Å². The van der Waals surface area contributed by atoms with Crippen LogP contribution in [0.5, 0.6) is 0 Å². The highest BCUT2D eigenvalue weighted by Gasteiger charge is 2.15. The van der Waals surface area contributed by atoms with Gasteiger partial charge in [0.25, 0.3) is 5.91 Å². The lowest BCUT2D eigenvalue weighted by molar-refractivity contribution is -0.131. The van der Waals surface area contributed by atoms with Crippen LogP contribution in [0.1, 0.15) is 15.2 Å². The molecule has 0 aliphatic rings. The minimum absolute atomic E-state index is 0.132. The number of likely N-dealkylation sites (N-methyl/N-ethyl adjacent to an activating group) is 1. The Morgan fingerprint density at radius 2 is 2.28 bits per heavy atom. The Kier molecular flexibility index (Phi) is 5.54. The number of hydrogen-bond acceptors (Lipinski definition) is 4. The van der Waals surface area contributed by atoms with E-state index < -0.39 is 5.97 Å². The zero-order valence-corrected chi connectivity index (χ0v) is 11.1. The quantitative estimate of drug-likeness (QED) is 0.796. The van der Waals surface area contributed by atoms with Crippen molar-refractivity contribution in [1.82, 2.24) is 4.90 Å². The number of hydrogen-bond donors (Lipinski definition) is 1. The molecule has 1 amide bonds. The summed E-state index contributed by atoms with van der Waals surface area (Å²) in [5.74, 6) is -1.17. The maximum Gasteiger partial charge on any atom is 0.328 e. The van der Waals surface area contributed by atoms with Gasteiger partial charge in [-0.1, -0.05) is 0 Å². The summed E-state index contributed by atoms with van der Waals surface area (Å²) in [6.45, 7) is 0.962. The SMILES string of the molecule is COCCN(C)C(=O)c1sccc1C=CC(=O)O. The van der Waals surface area contributed by atoms with E-state index in [0.29, 0.717) is 23.6 Å². The number of carbonyl (C=O) groups is 2. The van der Waals surface area contributed by atoms with E-state index in [2.05, 4.69) is 0 Å². The maximum absolute atomic E-state index is 12.1. The van der Waals surface area contributed by atoms with Crippen LogP contribution < -0.4 is 0 Å². The summed E-state index contributed by atoms with van der Waals surface area (Å²) in [4.78, 5) is 24.6. The molecule has 0 aliphatic heterocycles. The fourth-order valence-corrected chi connectivity index (χ4v) is 2.17. The molecule has 0 atom stereocenters. The van der Waals surface area contributed by atoms with Gasteiger partial charge in [-0.05, 0) is 23.1 Å². The molecule has 5 nitrogen and oxygen atoms in total. The van der Waals surface area contributed by atoms with Crippen molar-refractivity contribution in [2.75, 3.05) is 27.3 Å². The first-order valence-corrected chi connectivity index (χ1v) is 6.17. The molecule has 0 bridgehead atoms. The zero-order chi connectivity index (χ0) is 13.5. The molecule has 1 aromatic heterocycles. The Hall–Kier alpha value is -1.66. The Morgan fingerprint density at radius 3 is 2.89 bits per heavy atom. The summed E-state index contributed by atoms with van der Waals surface area (Å²) in [6.07, 6.45) is 2.45. The minimum Gasteiger partial charge on any atom is -0.478 e. The maximum atomic E-state index is 12.1. The largest absolute Gasteiger partial charge is 0.478 e. The third-order valence-electron chi connectivity index (χ3n) is 2.27. The number of ether oxygens (including phenoxy) is 1. The molecule has 1 aromatic rings. The third-order valence-corrected chi connectivity index (χ3v) is 3.19. The van der Waals surface area contributed by atoms with Gasteiger partial charge >= 0.3 is 5.97 Å². The van der Waals surface area contributed by atoms with E-state index in [4.69, 9.17) is 9.84 Å². The second-order valence-corrected chi connectivity index (χ2v) is 4.51. The summed E-state index contributed by atoms with van der Waals surface area (Å²) in [6, 6.07) is 1.72. The predicted molar refractivity (Wildman–Crippen MR) is 69.8 cm³/mol. The standard InChI is InChI=1S/C12H15NO4S/c1-13(6-7-17-2)12(16)11-9(5-8-18-11)3-4-10(14)15/h3-5,8H,6-7H2,1-2H3,(H,14,15). The lowest BCUT2D eigenvalue weighted by Crippen LogP contribution is -2.29. The van der Waals surface area contributed by atoms with Crippen molar-refractivity contribution in [3.63, 3.8) is 0 Å². The van der Waals surface area contributed by atoms with Crippen LogP contribution in [0.4, 0.5) is 0 Å². The summed E-state index contributed by atoms with van der Waals surface area (Å²) in [5.41, 5.74) is 0.622. The monoisotopic (exact) mass is 269 g/mol. The first kappa shape index (κ1) is 14.4. The molecule has 0 aromatic carbocycles. The van der Waals surface area contributed by atoms with Gasteiger partial charge in [-0.3, -0.25) is 4.79 Å². The smallest absolute Gasteiger partial charge is 0.328 e. The number of rotatable bonds is 6. The number of carboxylic acid groups (broad SMARTS) is 1. The van der Waals surface area contributed by atoms with E-state index in [1.165, 1.54) is 17.4 Å². The summed E-state index contributed by atoms with van der Waals surface area (Å²) in [5, 5.41) is 10.3. The summed E-state index contributed by atoms with van der Waals surface area (Å²) >= 11 is 1.29. The van der Waals surface area contributed by atoms with Crippen molar-refractivity contribution in [2.24, 2.45) is 0 Å². The topological polar surface area (TPSA) is 66.8 Å². The minimum atomic E-state index is -1.03. The normalized spacial score (nSPS) is 10.8.